The maximum atomic E-state index is 13.1. The van der Waals surface area contributed by atoms with Crippen LogP contribution in [0.2, 0.25) is 0 Å². The molecule has 0 spiro atoms. The van der Waals surface area contributed by atoms with Crippen molar-refractivity contribution in [3.63, 3.8) is 0 Å². The highest BCUT2D eigenvalue weighted by Gasteiger charge is 2.35. The minimum absolute atomic E-state index is 0.0548. The summed E-state index contributed by atoms with van der Waals surface area (Å²) in [7, 11) is -3.75. The van der Waals surface area contributed by atoms with Gasteiger partial charge in [0.1, 0.15) is 11.9 Å². The molecule has 0 aliphatic carbocycles. The smallest absolute Gasteiger partial charge is 0.265 e. The van der Waals surface area contributed by atoms with E-state index in [-0.39, 0.29) is 29.8 Å². The molecule has 2 fully saturated rings. The van der Waals surface area contributed by atoms with E-state index in [1.165, 1.54) is 16.4 Å². The molecule has 0 unspecified atom stereocenters. The van der Waals surface area contributed by atoms with Gasteiger partial charge >= 0.3 is 0 Å². The van der Waals surface area contributed by atoms with E-state index in [4.69, 9.17) is 9.47 Å². The Balaban J connectivity index is 1.42. The van der Waals surface area contributed by atoms with Crippen molar-refractivity contribution in [1.82, 2.24) is 9.21 Å². The summed E-state index contributed by atoms with van der Waals surface area (Å²) in [6, 6.07) is 4.55. The quantitative estimate of drug-likeness (QED) is 0.704. The van der Waals surface area contributed by atoms with E-state index < -0.39 is 22.2 Å². The number of fused-ring (bicyclic) bond motifs is 1. The van der Waals surface area contributed by atoms with Crippen LogP contribution in [0.1, 0.15) is 39.0 Å². The minimum atomic E-state index is -3.75. The van der Waals surface area contributed by atoms with Gasteiger partial charge in [0.2, 0.25) is 10.0 Å². The van der Waals surface area contributed by atoms with Gasteiger partial charge < -0.3 is 19.7 Å². The summed E-state index contributed by atoms with van der Waals surface area (Å²) in [4.78, 5) is 26.6. The Kier molecular flexibility index (Phi) is 6.49. The average Bonchev–Trinajstić information content (AvgIpc) is 3.32. The van der Waals surface area contributed by atoms with Gasteiger partial charge in [0, 0.05) is 32.8 Å². The number of unbranched alkanes of at least 4 members (excludes halogenated alkanes) is 1. The fourth-order valence-electron chi connectivity index (χ4n) is 4.14. The second-order valence-corrected chi connectivity index (χ2v) is 10.1. The molecule has 1 N–H and O–H groups in total. The van der Waals surface area contributed by atoms with Gasteiger partial charge in [-0.3, -0.25) is 9.59 Å². The molecule has 10 heteroatoms. The van der Waals surface area contributed by atoms with Gasteiger partial charge in [-0.1, -0.05) is 13.3 Å². The lowest BCUT2D eigenvalue weighted by Crippen LogP contribution is -2.52. The normalized spacial score (nSPS) is 24.4. The highest BCUT2D eigenvalue weighted by Crippen LogP contribution is 2.34. The number of nitrogens with zero attached hydrogens (tertiary/aromatic N) is 2. The van der Waals surface area contributed by atoms with Crippen LogP contribution in [0.4, 0.5) is 5.69 Å². The van der Waals surface area contributed by atoms with Crippen molar-refractivity contribution in [2.45, 2.75) is 56.1 Å². The van der Waals surface area contributed by atoms with E-state index in [0.717, 1.165) is 25.7 Å². The summed E-state index contributed by atoms with van der Waals surface area (Å²) < 4.78 is 38.9. The number of sulfonamides is 1. The number of ether oxygens (including phenoxy) is 2. The molecule has 4 rings (SSSR count). The number of anilines is 1. The molecule has 31 heavy (non-hydrogen) atoms. The lowest BCUT2D eigenvalue weighted by atomic mass is 10.1. The van der Waals surface area contributed by atoms with Crippen molar-refractivity contribution in [2.24, 2.45) is 0 Å². The number of benzene rings is 1. The first-order chi connectivity index (χ1) is 14.9. The van der Waals surface area contributed by atoms with Crippen LogP contribution in [0.15, 0.2) is 23.1 Å². The minimum Gasteiger partial charge on any atom is -0.478 e. The number of piperazine rings is 1. The molecule has 0 bridgehead atoms. The van der Waals surface area contributed by atoms with Gasteiger partial charge in [0.15, 0.2) is 6.10 Å². The molecule has 1 aromatic rings. The van der Waals surface area contributed by atoms with E-state index in [1.54, 1.807) is 11.0 Å². The fraction of sp³-hybridized carbons (Fsp3) is 0.619. The van der Waals surface area contributed by atoms with E-state index >= 15 is 0 Å². The third-order valence-corrected chi connectivity index (χ3v) is 7.88. The SMILES string of the molecule is CCCC[C@@H]1Oc2ccc(S(=O)(=O)N3CCN(C(=O)[C@@H]4CCCO4)CC3)cc2NC1=O. The number of hydrogen-bond acceptors (Lipinski definition) is 6. The first-order valence-electron chi connectivity index (χ1n) is 10.9. The highest BCUT2D eigenvalue weighted by molar-refractivity contribution is 7.89. The molecule has 170 valence electrons. The fourth-order valence-corrected chi connectivity index (χ4v) is 5.59. The molecule has 0 saturated carbocycles. The van der Waals surface area contributed by atoms with Crippen LogP contribution in [0.3, 0.4) is 0 Å². The largest absolute Gasteiger partial charge is 0.478 e. The zero-order chi connectivity index (χ0) is 22.0. The molecule has 3 heterocycles. The van der Waals surface area contributed by atoms with E-state index in [0.29, 0.717) is 37.6 Å². The second-order valence-electron chi connectivity index (χ2n) is 8.13. The number of hydrogen-bond donors (Lipinski definition) is 1. The van der Waals surface area contributed by atoms with E-state index in [2.05, 4.69) is 5.32 Å². The topological polar surface area (TPSA) is 105 Å². The average molecular weight is 452 g/mol. The van der Waals surface area contributed by atoms with Crippen LogP contribution in [0.5, 0.6) is 5.75 Å². The van der Waals surface area contributed by atoms with Gasteiger partial charge in [0.25, 0.3) is 11.8 Å². The third kappa shape index (κ3) is 4.56. The van der Waals surface area contributed by atoms with Crippen LogP contribution < -0.4 is 10.1 Å². The van der Waals surface area contributed by atoms with Crippen molar-refractivity contribution in [3.8, 4) is 5.75 Å². The summed E-state index contributed by atoms with van der Waals surface area (Å²) in [6.07, 6.45) is 3.11. The third-order valence-electron chi connectivity index (χ3n) is 5.98. The van der Waals surface area contributed by atoms with Crippen molar-refractivity contribution >= 4 is 27.5 Å². The summed E-state index contributed by atoms with van der Waals surface area (Å²) >= 11 is 0. The molecule has 2 saturated heterocycles. The molecule has 0 aromatic heterocycles. The van der Waals surface area contributed by atoms with Gasteiger partial charge in [-0.15, -0.1) is 0 Å². The Morgan fingerprint density at radius 3 is 2.68 bits per heavy atom. The Hall–Kier alpha value is -2.17. The lowest BCUT2D eigenvalue weighted by Gasteiger charge is -2.35. The number of rotatable bonds is 6. The zero-order valence-corrected chi connectivity index (χ0v) is 18.5. The Labute approximate surface area is 182 Å². The molecule has 3 aliphatic heterocycles. The van der Waals surface area contributed by atoms with Crippen molar-refractivity contribution in [3.05, 3.63) is 18.2 Å². The maximum absolute atomic E-state index is 13.1. The number of carbonyl (C=O) groups is 2. The van der Waals surface area contributed by atoms with E-state index in [9.17, 15) is 18.0 Å². The van der Waals surface area contributed by atoms with Crippen molar-refractivity contribution in [2.75, 3.05) is 38.1 Å². The monoisotopic (exact) mass is 451 g/mol. The molecule has 3 aliphatic rings. The van der Waals surface area contributed by atoms with Gasteiger partial charge in [0.05, 0.1) is 10.6 Å². The van der Waals surface area contributed by atoms with Crippen LogP contribution in [0, 0.1) is 0 Å². The van der Waals surface area contributed by atoms with Gasteiger partial charge in [-0.25, -0.2) is 8.42 Å². The number of amides is 2. The van der Waals surface area contributed by atoms with Crippen LogP contribution in [-0.2, 0) is 24.3 Å². The number of nitrogens with one attached hydrogen (secondary N) is 1. The molecule has 9 nitrogen and oxygen atoms in total. The van der Waals surface area contributed by atoms with Crippen molar-refractivity contribution in [1.29, 1.82) is 0 Å². The van der Waals surface area contributed by atoms with Gasteiger partial charge in [-0.2, -0.15) is 4.31 Å². The summed E-state index contributed by atoms with van der Waals surface area (Å²) in [5.41, 5.74) is 0.367. The standard InChI is InChI=1S/C21H29N3O6S/c1-2-3-5-18-20(25)22-16-14-15(7-8-17(16)30-18)31(27,28)24-11-9-23(10-12-24)21(26)19-6-4-13-29-19/h7-8,14,18-19H,2-6,9-13H2,1H3,(H,22,25)/t18-,19-/m0/s1. The van der Waals surface area contributed by atoms with E-state index in [1.807, 2.05) is 6.92 Å². The molecule has 2 amide bonds. The highest BCUT2D eigenvalue weighted by atomic mass is 32.2. The van der Waals surface area contributed by atoms with Crippen LogP contribution >= 0.6 is 0 Å². The first kappa shape index (κ1) is 22.0. The molecular weight excluding hydrogens is 422 g/mol. The summed E-state index contributed by atoms with van der Waals surface area (Å²) in [6.45, 7) is 3.76. The molecule has 2 atom stereocenters. The Morgan fingerprint density at radius 1 is 1.23 bits per heavy atom. The molecule has 1 aromatic carbocycles. The summed E-state index contributed by atoms with van der Waals surface area (Å²) in [5.74, 6) is 0.171. The van der Waals surface area contributed by atoms with Gasteiger partial charge in [-0.05, 0) is 43.9 Å². The summed E-state index contributed by atoms with van der Waals surface area (Å²) in [5, 5.41) is 2.77. The maximum Gasteiger partial charge on any atom is 0.265 e. The van der Waals surface area contributed by atoms with Crippen LogP contribution in [0.25, 0.3) is 0 Å². The second kappa shape index (κ2) is 9.13. The van der Waals surface area contributed by atoms with Crippen molar-refractivity contribution < 1.29 is 27.5 Å². The number of carbonyl (C=O) groups excluding carboxylic acids is 2. The Bertz CT molecular complexity index is 936. The van der Waals surface area contributed by atoms with Crippen LogP contribution in [-0.4, -0.2) is 74.4 Å². The predicted molar refractivity (Wildman–Crippen MR) is 113 cm³/mol. The zero-order valence-electron chi connectivity index (χ0n) is 17.7. The molecular formula is C21H29N3O6S. The first-order valence-corrected chi connectivity index (χ1v) is 12.4. The Morgan fingerprint density at radius 2 is 2.00 bits per heavy atom. The lowest BCUT2D eigenvalue weighted by molar-refractivity contribution is -0.142. The predicted octanol–water partition coefficient (Wildman–Crippen LogP) is 1.59. The molecule has 0 radical (unpaired) electrons.